The van der Waals surface area contributed by atoms with E-state index in [1.807, 2.05) is 44.3 Å². The summed E-state index contributed by atoms with van der Waals surface area (Å²) in [5, 5.41) is 12.3. The highest BCUT2D eigenvalue weighted by molar-refractivity contribution is 5.93. The number of rotatable bonds is 5. The molecule has 0 saturated carbocycles. The normalized spacial score (nSPS) is 10.1. The third-order valence-electron chi connectivity index (χ3n) is 3.99. The highest BCUT2D eigenvalue weighted by atomic mass is 35.5. The summed E-state index contributed by atoms with van der Waals surface area (Å²) in [6.45, 7) is 3.19. The Hall–Kier alpha value is -2.22. The molecule has 26 heavy (non-hydrogen) atoms. The van der Waals surface area contributed by atoms with Crippen molar-refractivity contribution in [3.8, 4) is 5.69 Å². The number of carbonyl (C=O) groups is 1. The van der Waals surface area contributed by atoms with Gasteiger partial charge in [-0.3, -0.25) is 9.78 Å². The first-order valence-electron chi connectivity index (χ1n) is 7.80. The van der Waals surface area contributed by atoms with Gasteiger partial charge in [-0.25, -0.2) is 4.68 Å². The van der Waals surface area contributed by atoms with Crippen LogP contribution in [0.3, 0.4) is 0 Å². The van der Waals surface area contributed by atoms with E-state index in [-0.39, 0.29) is 30.7 Å². The summed E-state index contributed by atoms with van der Waals surface area (Å²) >= 11 is 0. The predicted octanol–water partition coefficient (Wildman–Crippen LogP) is 2.26. The van der Waals surface area contributed by atoms with Crippen LogP contribution in [0.5, 0.6) is 0 Å². The van der Waals surface area contributed by atoms with Gasteiger partial charge in [0.05, 0.1) is 16.9 Å². The molecule has 1 aromatic carbocycles. The van der Waals surface area contributed by atoms with E-state index < -0.39 is 0 Å². The molecule has 0 fully saturated rings. The van der Waals surface area contributed by atoms with E-state index in [9.17, 15) is 4.79 Å². The van der Waals surface area contributed by atoms with Gasteiger partial charge in [0.25, 0.3) is 5.91 Å². The summed E-state index contributed by atoms with van der Waals surface area (Å²) in [5.74, 6) is -0.132. The average Bonchev–Trinajstić information content (AvgIpc) is 2.99. The Morgan fingerprint density at radius 3 is 2.73 bits per heavy atom. The molecule has 9 heteroatoms. The van der Waals surface area contributed by atoms with Crippen molar-refractivity contribution in [3.63, 3.8) is 0 Å². The van der Waals surface area contributed by atoms with Crippen LogP contribution in [0.25, 0.3) is 16.6 Å². The molecule has 0 aliphatic rings. The Morgan fingerprint density at radius 1 is 1.23 bits per heavy atom. The van der Waals surface area contributed by atoms with Crippen LogP contribution in [-0.2, 0) is 0 Å². The Balaban J connectivity index is 0.00000169. The smallest absolute Gasteiger partial charge is 0.276 e. The second-order valence-corrected chi connectivity index (χ2v) is 5.61. The van der Waals surface area contributed by atoms with Crippen LogP contribution in [0.15, 0.2) is 36.5 Å². The monoisotopic (exact) mass is 396 g/mol. The number of likely N-dealkylation sites (N-methyl/N-ethyl adjacent to an activating group) is 2. The molecule has 0 aliphatic heterocycles. The van der Waals surface area contributed by atoms with Crippen molar-refractivity contribution in [3.05, 3.63) is 47.9 Å². The molecule has 0 spiro atoms. The molecule has 1 N–H and O–H groups in total. The first-order chi connectivity index (χ1) is 11.6. The Bertz CT molecular complexity index is 877. The molecule has 1 amide bonds. The highest BCUT2D eigenvalue weighted by Crippen LogP contribution is 2.22. The van der Waals surface area contributed by atoms with E-state index in [0.29, 0.717) is 17.9 Å². The fourth-order valence-electron chi connectivity index (χ4n) is 2.59. The zero-order valence-corrected chi connectivity index (χ0v) is 16.5. The van der Waals surface area contributed by atoms with E-state index in [1.54, 1.807) is 22.8 Å². The fraction of sp³-hybridized carbons (Fsp3) is 0.294. The SMILES string of the molecule is CNCCN(C)C(=O)c1nnn(-c2cccc3ncccc23)c1C.Cl.Cl. The van der Waals surface area contributed by atoms with Gasteiger partial charge in [-0.2, -0.15) is 0 Å². The number of benzene rings is 1. The van der Waals surface area contributed by atoms with Crippen molar-refractivity contribution in [1.82, 2.24) is 30.2 Å². The molecular formula is C17H22Cl2N6O. The van der Waals surface area contributed by atoms with Crippen molar-refractivity contribution >= 4 is 41.6 Å². The molecule has 140 valence electrons. The first-order valence-corrected chi connectivity index (χ1v) is 7.80. The molecule has 0 bridgehead atoms. The molecule has 0 radical (unpaired) electrons. The molecule has 3 aromatic rings. The number of fused-ring (bicyclic) bond motifs is 1. The maximum Gasteiger partial charge on any atom is 0.276 e. The molecule has 3 rings (SSSR count). The minimum absolute atomic E-state index is 0. The number of pyridine rings is 1. The molecule has 2 aromatic heterocycles. The van der Waals surface area contributed by atoms with Crippen LogP contribution in [0.2, 0.25) is 0 Å². The number of nitrogens with zero attached hydrogens (tertiary/aromatic N) is 5. The number of nitrogens with one attached hydrogen (secondary N) is 1. The van der Waals surface area contributed by atoms with Gasteiger partial charge in [0.2, 0.25) is 0 Å². The molecule has 2 heterocycles. The second kappa shape index (κ2) is 9.47. The van der Waals surface area contributed by atoms with Gasteiger partial charge in [-0.05, 0) is 38.2 Å². The van der Waals surface area contributed by atoms with E-state index in [1.165, 1.54) is 0 Å². The zero-order chi connectivity index (χ0) is 17.1. The van der Waals surface area contributed by atoms with Crippen molar-refractivity contribution in [2.75, 3.05) is 27.2 Å². The summed E-state index contributed by atoms with van der Waals surface area (Å²) in [4.78, 5) is 18.5. The predicted molar refractivity (Wildman–Crippen MR) is 107 cm³/mol. The van der Waals surface area contributed by atoms with Crippen molar-refractivity contribution in [2.24, 2.45) is 0 Å². The Labute approximate surface area is 164 Å². The van der Waals surface area contributed by atoms with Gasteiger partial charge in [0.15, 0.2) is 5.69 Å². The summed E-state index contributed by atoms with van der Waals surface area (Å²) in [6.07, 6.45) is 1.76. The molecule has 0 saturated heterocycles. The number of aromatic nitrogens is 4. The van der Waals surface area contributed by atoms with Crippen LogP contribution in [0.4, 0.5) is 0 Å². The number of halogens is 2. The third kappa shape index (κ3) is 4.12. The van der Waals surface area contributed by atoms with E-state index in [4.69, 9.17) is 0 Å². The molecule has 0 unspecified atom stereocenters. The van der Waals surface area contributed by atoms with Crippen LogP contribution >= 0.6 is 24.8 Å². The van der Waals surface area contributed by atoms with Gasteiger partial charge in [0.1, 0.15) is 0 Å². The Morgan fingerprint density at radius 2 is 2.00 bits per heavy atom. The second-order valence-electron chi connectivity index (χ2n) is 5.61. The van der Waals surface area contributed by atoms with Crippen molar-refractivity contribution in [1.29, 1.82) is 0 Å². The lowest BCUT2D eigenvalue weighted by atomic mass is 10.2. The molecular weight excluding hydrogens is 375 g/mol. The van der Waals surface area contributed by atoms with Gasteiger partial charge in [-0.15, -0.1) is 29.9 Å². The highest BCUT2D eigenvalue weighted by Gasteiger charge is 2.21. The topological polar surface area (TPSA) is 75.9 Å². The third-order valence-corrected chi connectivity index (χ3v) is 3.99. The van der Waals surface area contributed by atoms with Crippen LogP contribution in [0, 0.1) is 6.92 Å². The van der Waals surface area contributed by atoms with Gasteiger partial charge >= 0.3 is 0 Å². The van der Waals surface area contributed by atoms with E-state index in [0.717, 1.165) is 23.1 Å². The zero-order valence-electron chi connectivity index (χ0n) is 14.8. The van der Waals surface area contributed by atoms with E-state index in [2.05, 4.69) is 20.6 Å². The van der Waals surface area contributed by atoms with Crippen LogP contribution in [-0.4, -0.2) is 58.0 Å². The Kier molecular flexibility index (Phi) is 7.95. The summed E-state index contributed by atoms with van der Waals surface area (Å²) < 4.78 is 1.70. The number of hydrogen-bond acceptors (Lipinski definition) is 5. The van der Waals surface area contributed by atoms with Crippen LogP contribution in [0.1, 0.15) is 16.2 Å². The number of amides is 1. The summed E-state index contributed by atoms with van der Waals surface area (Å²) in [7, 11) is 3.62. The summed E-state index contributed by atoms with van der Waals surface area (Å²) in [5.41, 5.74) is 2.83. The maximum absolute atomic E-state index is 12.5. The molecule has 7 nitrogen and oxygen atoms in total. The minimum Gasteiger partial charge on any atom is -0.339 e. The number of hydrogen-bond donors (Lipinski definition) is 1. The summed E-state index contributed by atoms with van der Waals surface area (Å²) in [6, 6.07) is 9.69. The average molecular weight is 397 g/mol. The lowest BCUT2D eigenvalue weighted by Gasteiger charge is -2.15. The minimum atomic E-state index is -0.132. The molecule has 0 atom stereocenters. The lowest BCUT2D eigenvalue weighted by molar-refractivity contribution is 0.0790. The standard InChI is InChI=1S/C17H20N6O.2ClH/c1-12-16(17(24)22(3)11-10-18-2)20-21-23(12)15-8-4-7-14-13(15)6-5-9-19-14;;/h4-9,18H,10-11H2,1-3H3;2*1H. The van der Waals surface area contributed by atoms with Gasteiger partial charge < -0.3 is 10.2 Å². The van der Waals surface area contributed by atoms with Gasteiger partial charge in [0, 0.05) is 31.7 Å². The van der Waals surface area contributed by atoms with E-state index >= 15 is 0 Å². The van der Waals surface area contributed by atoms with Gasteiger partial charge in [-0.1, -0.05) is 11.3 Å². The molecule has 0 aliphatic carbocycles. The van der Waals surface area contributed by atoms with Crippen LogP contribution < -0.4 is 5.32 Å². The number of carbonyl (C=O) groups excluding carboxylic acids is 1. The largest absolute Gasteiger partial charge is 0.339 e. The first kappa shape index (κ1) is 21.8. The lowest BCUT2D eigenvalue weighted by Crippen LogP contribution is -2.33. The van der Waals surface area contributed by atoms with Crippen molar-refractivity contribution < 1.29 is 4.79 Å². The van der Waals surface area contributed by atoms with Crippen molar-refractivity contribution in [2.45, 2.75) is 6.92 Å². The maximum atomic E-state index is 12.5. The quantitative estimate of drug-likeness (QED) is 0.715. The fourth-order valence-corrected chi connectivity index (χ4v) is 2.59.